The number of carbonyl (C=O) groups is 5. The van der Waals surface area contributed by atoms with Crippen LogP contribution in [0.2, 0.25) is 0 Å². The highest BCUT2D eigenvalue weighted by Crippen LogP contribution is 2.04. The maximum atomic E-state index is 12.9. The van der Waals surface area contributed by atoms with Gasteiger partial charge in [-0.05, 0) is 19.4 Å². The van der Waals surface area contributed by atoms with Gasteiger partial charge in [0.05, 0.1) is 25.4 Å². The summed E-state index contributed by atoms with van der Waals surface area (Å²) in [6, 6.07) is -5.57. The largest absolute Gasteiger partial charge is 0.481 e. The minimum Gasteiger partial charge on any atom is -0.481 e. The SMILES string of the molecule is NCCCCC(N)C(=O)NC(Cc1cnc[nH]1)C(=O)NC(CC(=O)O)C(=O)NC(CO)C(=O)O. The van der Waals surface area contributed by atoms with E-state index in [9.17, 15) is 24.0 Å². The van der Waals surface area contributed by atoms with Crippen molar-refractivity contribution in [2.45, 2.75) is 56.3 Å². The number of nitrogens with two attached hydrogens (primary N) is 2. The molecule has 0 saturated carbocycles. The van der Waals surface area contributed by atoms with E-state index in [2.05, 4.69) is 20.6 Å². The molecule has 34 heavy (non-hydrogen) atoms. The molecule has 1 aromatic heterocycles. The van der Waals surface area contributed by atoms with Gasteiger partial charge in [0.25, 0.3) is 0 Å². The van der Waals surface area contributed by atoms with Crippen LogP contribution < -0.4 is 27.4 Å². The summed E-state index contributed by atoms with van der Waals surface area (Å²) in [4.78, 5) is 66.7. The minimum absolute atomic E-state index is 0.0805. The number of nitrogens with one attached hydrogen (secondary N) is 4. The van der Waals surface area contributed by atoms with E-state index < -0.39 is 66.9 Å². The first-order valence-corrected chi connectivity index (χ1v) is 10.5. The average molecular weight is 485 g/mol. The number of aromatic nitrogens is 2. The molecule has 11 N–H and O–H groups in total. The minimum atomic E-state index is -1.70. The Morgan fingerprint density at radius 1 is 0.971 bits per heavy atom. The van der Waals surface area contributed by atoms with E-state index in [-0.39, 0.29) is 6.42 Å². The molecular weight excluding hydrogens is 454 g/mol. The monoisotopic (exact) mass is 485 g/mol. The van der Waals surface area contributed by atoms with Gasteiger partial charge < -0.3 is 47.7 Å². The van der Waals surface area contributed by atoms with E-state index in [1.165, 1.54) is 12.5 Å². The Morgan fingerprint density at radius 2 is 1.59 bits per heavy atom. The molecule has 0 fully saturated rings. The molecule has 0 aromatic carbocycles. The summed E-state index contributed by atoms with van der Waals surface area (Å²) in [6.07, 6.45) is 3.39. The van der Waals surface area contributed by atoms with Crippen LogP contribution in [-0.2, 0) is 30.4 Å². The third-order valence-corrected chi connectivity index (χ3v) is 4.73. The molecule has 1 heterocycles. The standard InChI is InChI=1S/C19H31N7O8/c20-4-2-1-3-11(21)16(30)24-12(5-10-7-22-9-23-10)17(31)25-13(6-15(28)29)18(32)26-14(8-27)19(33)34/h7,9,11-14,27H,1-6,8,20-21H2,(H,22,23)(H,24,30)(H,25,31)(H,26,32)(H,28,29)(H,33,34). The van der Waals surface area contributed by atoms with E-state index in [1.807, 2.05) is 5.32 Å². The van der Waals surface area contributed by atoms with Crippen LogP contribution in [0, 0.1) is 0 Å². The van der Waals surface area contributed by atoms with Gasteiger partial charge in [-0.3, -0.25) is 19.2 Å². The Labute approximate surface area is 194 Å². The Kier molecular flexibility index (Phi) is 12.2. The molecule has 4 unspecified atom stereocenters. The van der Waals surface area contributed by atoms with Crippen molar-refractivity contribution < 1.29 is 39.3 Å². The molecular formula is C19H31N7O8. The lowest BCUT2D eigenvalue weighted by atomic mass is 10.1. The number of unbranched alkanes of at least 4 members (excludes halogenated alkanes) is 1. The molecule has 3 amide bonds. The number of aliphatic carboxylic acids is 2. The number of amides is 3. The van der Waals surface area contributed by atoms with Crippen LogP contribution in [0.5, 0.6) is 0 Å². The highest BCUT2D eigenvalue weighted by molar-refractivity contribution is 5.95. The lowest BCUT2D eigenvalue weighted by molar-refractivity contribution is -0.144. The number of aliphatic hydroxyl groups is 1. The van der Waals surface area contributed by atoms with Crippen molar-refractivity contribution in [3.8, 4) is 0 Å². The maximum Gasteiger partial charge on any atom is 0.328 e. The van der Waals surface area contributed by atoms with Crippen LogP contribution in [0.15, 0.2) is 12.5 Å². The molecule has 0 aliphatic heterocycles. The number of carbonyl (C=O) groups excluding carboxylic acids is 3. The second kappa shape index (κ2) is 14.6. The number of hydrogen-bond donors (Lipinski definition) is 9. The number of imidazole rings is 1. The maximum absolute atomic E-state index is 12.9. The van der Waals surface area contributed by atoms with Gasteiger partial charge in [0, 0.05) is 18.3 Å². The lowest BCUT2D eigenvalue weighted by Crippen LogP contribution is -2.58. The zero-order chi connectivity index (χ0) is 25.7. The first-order valence-electron chi connectivity index (χ1n) is 10.5. The first kappa shape index (κ1) is 28.5. The van der Waals surface area contributed by atoms with Gasteiger partial charge in [0.1, 0.15) is 18.1 Å². The van der Waals surface area contributed by atoms with Crippen molar-refractivity contribution in [3.05, 3.63) is 18.2 Å². The van der Waals surface area contributed by atoms with E-state index in [4.69, 9.17) is 26.8 Å². The molecule has 1 rings (SSSR count). The van der Waals surface area contributed by atoms with Crippen LogP contribution in [0.25, 0.3) is 0 Å². The first-order chi connectivity index (χ1) is 16.1. The highest BCUT2D eigenvalue weighted by atomic mass is 16.4. The predicted molar refractivity (Wildman–Crippen MR) is 116 cm³/mol. The fourth-order valence-electron chi connectivity index (χ4n) is 2.86. The second-order valence-electron chi connectivity index (χ2n) is 7.47. The molecule has 1 aromatic rings. The molecule has 0 saturated heterocycles. The number of carboxylic acids is 2. The van der Waals surface area contributed by atoms with Gasteiger partial charge >= 0.3 is 11.9 Å². The molecule has 190 valence electrons. The highest BCUT2D eigenvalue weighted by Gasteiger charge is 2.31. The van der Waals surface area contributed by atoms with E-state index in [0.29, 0.717) is 31.5 Å². The Bertz CT molecular complexity index is 833. The topological polar surface area (TPSA) is 263 Å². The smallest absolute Gasteiger partial charge is 0.328 e. The third kappa shape index (κ3) is 9.93. The summed E-state index contributed by atoms with van der Waals surface area (Å²) < 4.78 is 0. The van der Waals surface area contributed by atoms with Crippen LogP contribution in [0.4, 0.5) is 0 Å². The molecule has 4 atom stereocenters. The van der Waals surface area contributed by atoms with Crippen LogP contribution in [0.3, 0.4) is 0 Å². The zero-order valence-corrected chi connectivity index (χ0v) is 18.4. The molecule has 0 spiro atoms. The number of aromatic amines is 1. The fraction of sp³-hybridized carbons (Fsp3) is 0.579. The van der Waals surface area contributed by atoms with Gasteiger partial charge in [-0.25, -0.2) is 9.78 Å². The average Bonchev–Trinajstić information content (AvgIpc) is 3.28. The van der Waals surface area contributed by atoms with Crippen molar-refractivity contribution >= 4 is 29.7 Å². The molecule has 0 radical (unpaired) electrons. The van der Waals surface area contributed by atoms with E-state index in [1.54, 1.807) is 0 Å². The summed E-state index contributed by atoms with van der Waals surface area (Å²) in [5.74, 6) is -5.68. The number of nitrogens with zero attached hydrogens (tertiary/aromatic N) is 1. The van der Waals surface area contributed by atoms with Gasteiger partial charge in [0.15, 0.2) is 0 Å². The van der Waals surface area contributed by atoms with Crippen molar-refractivity contribution in [2.75, 3.05) is 13.2 Å². The number of aliphatic hydroxyl groups excluding tert-OH is 1. The second-order valence-corrected chi connectivity index (χ2v) is 7.47. The normalized spacial score (nSPS) is 14.3. The summed E-state index contributed by atoms with van der Waals surface area (Å²) in [6.45, 7) is -0.513. The van der Waals surface area contributed by atoms with Crippen LogP contribution >= 0.6 is 0 Å². The Morgan fingerprint density at radius 3 is 2.12 bits per heavy atom. The Balaban J connectivity index is 2.98. The predicted octanol–water partition coefficient (Wildman–Crippen LogP) is -3.59. The van der Waals surface area contributed by atoms with Crippen molar-refractivity contribution in [2.24, 2.45) is 11.5 Å². The van der Waals surface area contributed by atoms with Gasteiger partial charge in [-0.15, -0.1) is 0 Å². The molecule has 0 aliphatic carbocycles. The fourth-order valence-corrected chi connectivity index (χ4v) is 2.86. The molecule has 15 nitrogen and oxygen atoms in total. The van der Waals surface area contributed by atoms with Crippen LogP contribution in [0.1, 0.15) is 31.4 Å². The number of rotatable bonds is 16. The zero-order valence-electron chi connectivity index (χ0n) is 18.4. The summed E-state index contributed by atoms with van der Waals surface area (Å²) >= 11 is 0. The summed E-state index contributed by atoms with van der Waals surface area (Å²) in [5.41, 5.74) is 11.8. The summed E-state index contributed by atoms with van der Waals surface area (Å²) in [7, 11) is 0. The van der Waals surface area contributed by atoms with Gasteiger partial charge in [-0.1, -0.05) is 6.42 Å². The van der Waals surface area contributed by atoms with Crippen LogP contribution in [-0.4, -0.2) is 92.3 Å². The van der Waals surface area contributed by atoms with Crippen molar-refractivity contribution in [1.29, 1.82) is 0 Å². The number of carboxylic acid groups (broad SMARTS) is 2. The van der Waals surface area contributed by atoms with Crippen molar-refractivity contribution in [3.63, 3.8) is 0 Å². The number of hydrogen-bond acceptors (Lipinski definition) is 9. The molecule has 0 aliphatic rings. The lowest BCUT2D eigenvalue weighted by Gasteiger charge is -2.24. The van der Waals surface area contributed by atoms with Gasteiger partial charge in [0.2, 0.25) is 17.7 Å². The van der Waals surface area contributed by atoms with E-state index >= 15 is 0 Å². The third-order valence-electron chi connectivity index (χ3n) is 4.73. The molecule has 0 bridgehead atoms. The Hall–Kier alpha value is -3.56. The quantitative estimate of drug-likeness (QED) is 0.103. The molecule has 15 heteroatoms. The van der Waals surface area contributed by atoms with Crippen molar-refractivity contribution in [1.82, 2.24) is 25.9 Å². The van der Waals surface area contributed by atoms with Gasteiger partial charge in [-0.2, -0.15) is 0 Å². The van der Waals surface area contributed by atoms with E-state index in [0.717, 1.165) is 0 Å². The summed E-state index contributed by atoms with van der Waals surface area (Å²) in [5, 5.41) is 33.8. The number of H-pyrrole nitrogens is 1.